The van der Waals surface area contributed by atoms with Crippen LogP contribution in [-0.2, 0) is 26.7 Å². The van der Waals surface area contributed by atoms with Gasteiger partial charge in [0.2, 0.25) is 0 Å². The summed E-state index contributed by atoms with van der Waals surface area (Å²) in [6.07, 6.45) is 5.78. The van der Waals surface area contributed by atoms with E-state index in [1.165, 1.54) is 24.8 Å². The molecule has 8 nitrogen and oxygen atoms in total. The van der Waals surface area contributed by atoms with Gasteiger partial charge in [-0.3, -0.25) is 0 Å². The second kappa shape index (κ2) is 12.4. The number of carboxylic acids is 2. The van der Waals surface area contributed by atoms with Crippen LogP contribution >= 0.6 is 0 Å². The minimum Gasteiger partial charge on any atom is -0.619 e. The predicted octanol–water partition coefficient (Wildman–Crippen LogP) is -2.88. The van der Waals surface area contributed by atoms with E-state index in [0.717, 1.165) is 9.46 Å². The maximum atomic E-state index is 10.2. The van der Waals surface area contributed by atoms with Gasteiger partial charge in [-0.2, -0.15) is 9.46 Å². The summed E-state index contributed by atoms with van der Waals surface area (Å²) in [5.74, 6) is -4.37. The Bertz CT molecular complexity index is 474. The van der Waals surface area contributed by atoms with Crippen LogP contribution in [0.5, 0.6) is 0 Å². The fourth-order valence-electron chi connectivity index (χ4n) is 0.766. The summed E-state index contributed by atoms with van der Waals surface area (Å²) < 4.78 is 1.50. The second-order valence-electron chi connectivity index (χ2n) is 3.05. The SMILES string of the molecule is O=C([O-])C(=O)[O-].[Cu+2].[O-][n+]1ccccc1.[O-][n+]1ccccc1. The maximum absolute atomic E-state index is 10.2. The monoisotopic (exact) mass is 341 g/mol. The number of nitrogens with zero attached hydrogens (tertiary/aromatic N) is 2. The van der Waals surface area contributed by atoms with Crippen LogP contribution in [0.4, 0.5) is 0 Å². The van der Waals surface area contributed by atoms with Crippen molar-refractivity contribution in [3.8, 4) is 0 Å². The van der Waals surface area contributed by atoms with Gasteiger partial charge < -0.3 is 30.2 Å². The van der Waals surface area contributed by atoms with E-state index in [2.05, 4.69) is 0 Å². The number of carbonyl (C=O) groups is 2. The molecule has 21 heavy (non-hydrogen) atoms. The predicted molar refractivity (Wildman–Crippen MR) is 60.8 cm³/mol. The molecule has 2 heterocycles. The molecule has 0 saturated heterocycles. The Balaban J connectivity index is 0. The van der Waals surface area contributed by atoms with Gasteiger partial charge in [0.1, 0.15) is 0 Å². The molecule has 2 rings (SSSR count). The Morgan fingerprint density at radius 2 is 0.857 bits per heavy atom. The Morgan fingerprint density at radius 3 is 0.952 bits per heavy atom. The Morgan fingerprint density at radius 1 is 0.619 bits per heavy atom. The standard InChI is InChI=1S/2C5H5NO.C2H2O4.Cu/c2*7-6-4-2-1-3-5-6;3-1(4)2(5)6;/h2*1-5H;(H,3,4)(H,5,6);/q;;;+2/p-2. The summed E-state index contributed by atoms with van der Waals surface area (Å²) in [4.78, 5) is 17.9. The van der Waals surface area contributed by atoms with Crippen LogP contribution in [0.3, 0.4) is 0 Å². The largest absolute Gasteiger partial charge is 2.00 e. The van der Waals surface area contributed by atoms with Crippen molar-refractivity contribution in [2.75, 3.05) is 0 Å². The van der Waals surface area contributed by atoms with Gasteiger partial charge in [0, 0.05) is 24.3 Å². The fourth-order valence-corrected chi connectivity index (χ4v) is 0.766. The zero-order valence-corrected chi connectivity index (χ0v) is 11.4. The third-order valence-electron chi connectivity index (χ3n) is 1.54. The van der Waals surface area contributed by atoms with E-state index in [0.29, 0.717) is 0 Å². The van der Waals surface area contributed by atoms with Crippen molar-refractivity contribution >= 4 is 11.9 Å². The van der Waals surface area contributed by atoms with Gasteiger partial charge in [-0.1, -0.05) is 12.1 Å². The van der Waals surface area contributed by atoms with Crippen molar-refractivity contribution in [3.05, 3.63) is 71.6 Å². The summed E-state index contributed by atoms with van der Waals surface area (Å²) in [5, 5.41) is 38.2. The molecule has 0 saturated carbocycles. The van der Waals surface area contributed by atoms with E-state index in [-0.39, 0.29) is 17.1 Å². The van der Waals surface area contributed by atoms with Crippen LogP contribution < -0.4 is 19.7 Å². The van der Waals surface area contributed by atoms with Crippen molar-refractivity contribution in [2.45, 2.75) is 0 Å². The van der Waals surface area contributed by atoms with Gasteiger partial charge in [-0.15, -0.1) is 0 Å². The van der Waals surface area contributed by atoms with Gasteiger partial charge in [-0.05, 0) is 0 Å². The third-order valence-corrected chi connectivity index (χ3v) is 1.54. The Labute approximate surface area is 130 Å². The van der Waals surface area contributed by atoms with Crippen molar-refractivity contribution in [1.82, 2.24) is 0 Å². The first-order valence-corrected chi connectivity index (χ1v) is 5.13. The van der Waals surface area contributed by atoms with Crippen molar-refractivity contribution in [1.29, 1.82) is 0 Å². The summed E-state index contributed by atoms with van der Waals surface area (Å²) in [6.45, 7) is 0. The fraction of sp³-hybridized carbons (Fsp3) is 0. The molecule has 0 aromatic carbocycles. The van der Waals surface area contributed by atoms with E-state index < -0.39 is 11.9 Å². The molecule has 0 bridgehead atoms. The van der Waals surface area contributed by atoms with Gasteiger partial charge in [0.15, 0.2) is 24.8 Å². The molecule has 0 unspecified atom stereocenters. The molecular weight excluding hydrogens is 332 g/mol. The minimum atomic E-state index is -2.19. The van der Waals surface area contributed by atoms with E-state index >= 15 is 0 Å². The topological polar surface area (TPSA) is 134 Å². The molecule has 0 fully saturated rings. The summed E-state index contributed by atoms with van der Waals surface area (Å²) >= 11 is 0. The molecule has 0 aliphatic carbocycles. The summed E-state index contributed by atoms with van der Waals surface area (Å²) in [6, 6.07) is 10.4. The smallest absolute Gasteiger partial charge is 0.619 e. The molecule has 2 aromatic heterocycles. The zero-order chi connectivity index (χ0) is 15.4. The number of pyridine rings is 2. The molecule has 0 spiro atoms. The summed E-state index contributed by atoms with van der Waals surface area (Å²) in [7, 11) is 0. The van der Waals surface area contributed by atoms with Gasteiger partial charge in [0.25, 0.3) is 0 Å². The maximum Gasteiger partial charge on any atom is 2.00 e. The van der Waals surface area contributed by atoms with Gasteiger partial charge in [-0.25, -0.2) is 0 Å². The van der Waals surface area contributed by atoms with Crippen molar-refractivity contribution < 1.29 is 46.3 Å². The van der Waals surface area contributed by atoms with E-state index in [9.17, 15) is 10.4 Å². The van der Waals surface area contributed by atoms with E-state index in [1.54, 1.807) is 36.4 Å². The third kappa shape index (κ3) is 13.6. The average molecular weight is 342 g/mol. The van der Waals surface area contributed by atoms with Crippen molar-refractivity contribution in [2.24, 2.45) is 0 Å². The van der Waals surface area contributed by atoms with Crippen LogP contribution in [0.15, 0.2) is 61.2 Å². The number of carboxylic acid groups (broad SMARTS) is 2. The normalized spacial score (nSPS) is 7.81. The van der Waals surface area contributed by atoms with Crippen LogP contribution in [0, 0.1) is 10.4 Å². The molecule has 0 atom stereocenters. The molecule has 115 valence electrons. The second-order valence-corrected chi connectivity index (χ2v) is 3.05. The first kappa shape index (κ1) is 20.7. The minimum absolute atomic E-state index is 0. The number of hydrogen-bond donors (Lipinski definition) is 0. The molecular formula is C12H10CuN2O6. The molecule has 0 aliphatic heterocycles. The van der Waals surface area contributed by atoms with Crippen LogP contribution in [0.2, 0.25) is 0 Å². The van der Waals surface area contributed by atoms with Gasteiger partial charge >= 0.3 is 17.1 Å². The van der Waals surface area contributed by atoms with E-state index in [1.807, 2.05) is 0 Å². The number of hydrogen-bond acceptors (Lipinski definition) is 6. The first-order valence-electron chi connectivity index (χ1n) is 5.13. The quantitative estimate of drug-likeness (QED) is 0.219. The number of aliphatic carboxylic acids is 2. The molecule has 1 radical (unpaired) electrons. The molecule has 2 aromatic rings. The number of aromatic nitrogens is 2. The average Bonchev–Trinajstić information content (AvgIpc) is 2.42. The zero-order valence-electron chi connectivity index (χ0n) is 10.4. The number of carbonyl (C=O) groups excluding carboxylic acids is 2. The van der Waals surface area contributed by atoms with Crippen LogP contribution in [-0.4, -0.2) is 11.9 Å². The number of rotatable bonds is 0. The van der Waals surface area contributed by atoms with Crippen LogP contribution in [0.25, 0.3) is 0 Å². The molecule has 9 heteroatoms. The molecule has 0 amide bonds. The Hall–Kier alpha value is -2.64. The van der Waals surface area contributed by atoms with Crippen molar-refractivity contribution in [3.63, 3.8) is 0 Å². The Kier molecular flexibility index (Phi) is 12.2. The van der Waals surface area contributed by atoms with E-state index in [4.69, 9.17) is 19.8 Å². The van der Waals surface area contributed by atoms with Gasteiger partial charge in [0.05, 0.1) is 11.9 Å². The molecule has 0 aliphatic rings. The summed E-state index contributed by atoms with van der Waals surface area (Å²) in [5.41, 5.74) is 0. The van der Waals surface area contributed by atoms with Crippen LogP contribution in [0.1, 0.15) is 0 Å². The first-order chi connectivity index (χ1) is 9.43. The molecule has 0 N–H and O–H groups in total.